The molecule has 0 saturated carbocycles. The summed E-state index contributed by atoms with van der Waals surface area (Å²) in [6.45, 7) is 0.610. The summed E-state index contributed by atoms with van der Waals surface area (Å²) in [7, 11) is 0. The zero-order chi connectivity index (χ0) is 14.7. The summed E-state index contributed by atoms with van der Waals surface area (Å²) in [6.07, 6.45) is 2.17. The lowest BCUT2D eigenvalue weighted by molar-refractivity contribution is -0.127. The van der Waals surface area contributed by atoms with E-state index in [-0.39, 0.29) is 11.7 Å². The first-order valence-corrected chi connectivity index (χ1v) is 7.44. The average Bonchev–Trinajstić information content (AvgIpc) is 3.15. The van der Waals surface area contributed by atoms with Crippen LogP contribution in [0.2, 0.25) is 0 Å². The van der Waals surface area contributed by atoms with Crippen molar-refractivity contribution in [2.75, 3.05) is 18.1 Å². The second-order valence-electron chi connectivity index (χ2n) is 4.49. The Balaban J connectivity index is 1.61. The summed E-state index contributed by atoms with van der Waals surface area (Å²) >= 11 is 1.25. The number of rotatable bonds is 4. The number of amides is 1. The lowest BCUT2D eigenvalue weighted by atomic mass is 10.1. The van der Waals surface area contributed by atoms with Crippen LogP contribution in [-0.4, -0.2) is 43.8 Å². The van der Waals surface area contributed by atoms with E-state index in [1.807, 2.05) is 30.3 Å². The van der Waals surface area contributed by atoms with Gasteiger partial charge < -0.3 is 5.84 Å². The first-order chi connectivity index (χ1) is 10.2. The Morgan fingerprint density at radius 3 is 2.86 bits per heavy atom. The van der Waals surface area contributed by atoms with Crippen LogP contribution >= 0.6 is 11.8 Å². The number of thioether (sulfide) groups is 1. The largest absolute Gasteiger partial charge is 0.336 e. The summed E-state index contributed by atoms with van der Waals surface area (Å²) in [4.78, 5) is 12.1. The number of nitrogens with two attached hydrogens (primary N) is 1. The van der Waals surface area contributed by atoms with Crippen LogP contribution in [0.4, 0.5) is 0 Å². The molecule has 1 aromatic carbocycles. The molecule has 0 atom stereocenters. The van der Waals surface area contributed by atoms with Crippen LogP contribution in [0.3, 0.4) is 0 Å². The van der Waals surface area contributed by atoms with Crippen LogP contribution < -0.4 is 5.84 Å². The van der Waals surface area contributed by atoms with Crippen LogP contribution in [0.25, 0.3) is 0 Å². The monoisotopic (exact) mass is 302 g/mol. The van der Waals surface area contributed by atoms with E-state index in [4.69, 9.17) is 5.84 Å². The van der Waals surface area contributed by atoms with Crippen molar-refractivity contribution < 1.29 is 4.79 Å². The van der Waals surface area contributed by atoms with E-state index in [1.54, 1.807) is 0 Å². The summed E-state index contributed by atoms with van der Waals surface area (Å²) in [5.74, 6) is 5.77. The molecule has 1 amide bonds. The van der Waals surface area contributed by atoms with Crippen molar-refractivity contribution in [3.8, 4) is 0 Å². The fraction of sp³-hybridized carbons (Fsp3) is 0.231. The molecule has 2 aromatic rings. The van der Waals surface area contributed by atoms with Gasteiger partial charge in [0.25, 0.3) is 5.91 Å². The Labute approximate surface area is 125 Å². The third kappa shape index (κ3) is 3.05. The number of nitrogen functional groups attached to an aromatic ring is 1. The Bertz CT molecular complexity index is 668. The van der Waals surface area contributed by atoms with E-state index < -0.39 is 0 Å². The van der Waals surface area contributed by atoms with Gasteiger partial charge in [-0.2, -0.15) is 5.10 Å². The van der Waals surface area contributed by atoms with Crippen molar-refractivity contribution in [3.05, 3.63) is 42.2 Å². The molecule has 2 N–H and O–H groups in total. The van der Waals surface area contributed by atoms with Gasteiger partial charge in [0.05, 0.1) is 18.0 Å². The van der Waals surface area contributed by atoms with Gasteiger partial charge in [0, 0.05) is 6.42 Å². The number of aromatic nitrogens is 3. The number of carbonyl (C=O) groups excluding carboxylic acids is 1. The molecule has 2 heterocycles. The zero-order valence-corrected chi connectivity index (χ0v) is 12.0. The highest BCUT2D eigenvalue weighted by atomic mass is 32.2. The average molecular weight is 302 g/mol. The molecule has 0 aliphatic carbocycles. The van der Waals surface area contributed by atoms with Gasteiger partial charge in [-0.1, -0.05) is 42.1 Å². The highest BCUT2D eigenvalue weighted by Crippen LogP contribution is 2.17. The number of nitrogens with zero attached hydrogens (tertiary/aromatic N) is 5. The number of carbonyl (C=O) groups is 1. The Kier molecular flexibility index (Phi) is 3.87. The number of hydrazone groups is 1. The standard InChI is InChI=1S/C13H14N6OS/c14-18-9-15-16-13(18)21-8-12(20)19-7-6-11(17-19)10-4-2-1-3-5-10/h1-5,9H,6-8,14H2. The quantitative estimate of drug-likeness (QED) is 0.664. The fourth-order valence-corrected chi connectivity index (χ4v) is 2.71. The van der Waals surface area contributed by atoms with Crippen molar-refractivity contribution in [2.24, 2.45) is 5.10 Å². The predicted molar refractivity (Wildman–Crippen MR) is 80.2 cm³/mol. The topological polar surface area (TPSA) is 89.4 Å². The van der Waals surface area contributed by atoms with Crippen molar-refractivity contribution in [1.29, 1.82) is 0 Å². The normalized spacial score (nSPS) is 14.3. The minimum absolute atomic E-state index is 0.0612. The van der Waals surface area contributed by atoms with Crippen molar-refractivity contribution in [1.82, 2.24) is 19.9 Å². The number of hydrogen-bond donors (Lipinski definition) is 1. The van der Waals surface area contributed by atoms with Gasteiger partial charge in [-0.25, -0.2) is 9.69 Å². The third-order valence-electron chi connectivity index (χ3n) is 3.06. The maximum absolute atomic E-state index is 12.1. The smallest absolute Gasteiger partial charge is 0.253 e. The molecule has 1 aromatic heterocycles. The van der Waals surface area contributed by atoms with Crippen molar-refractivity contribution in [2.45, 2.75) is 11.6 Å². The molecular formula is C13H14N6OS. The summed E-state index contributed by atoms with van der Waals surface area (Å²) in [6, 6.07) is 9.89. The first kappa shape index (κ1) is 13.6. The second-order valence-corrected chi connectivity index (χ2v) is 5.43. The van der Waals surface area contributed by atoms with Crippen molar-refractivity contribution >= 4 is 23.4 Å². The van der Waals surface area contributed by atoms with E-state index in [2.05, 4.69) is 15.3 Å². The summed E-state index contributed by atoms with van der Waals surface area (Å²) in [5.41, 5.74) is 2.00. The molecule has 1 aliphatic heterocycles. The minimum atomic E-state index is -0.0612. The van der Waals surface area contributed by atoms with E-state index in [9.17, 15) is 4.79 Å². The molecule has 3 rings (SSSR count). The van der Waals surface area contributed by atoms with Gasteiger partial charge in [-0.15, -0.1) is 10.2 Å². The Hall–Kier alpha value is -2.35. The highest BCUT2D eigenvalue weighted by Gasteiger charge is 2.21. The molecule has 0 spiro atoms. The summed E-state index contributed by atoms with van der Waals surface area (Å²) in [5, 5.41) is 13.9. The van der Waals surface area contributed by atoms with Gasteiger partial charge in [0.1, 0.15) is 6.33 Å². The third-order valence-corrected chi connectivity index (χ3v) is 4.00. The van der Waals surface area contributed by atoms with Gasteiger partial charge >= 0.3 is 0 Å². The van der Waals surface area contributed by atoms with Crippen molar-refractivity contribution in [3.63, 3.8) is 0 Å². The van der Waals surface area contributed by atoms with Crippen LogP contribution in [0, 0.1) is 0 Å². The van der Waals surface area contributed by atoms with Gasteiger partial charge in [0.15, 0.2) is 0 Å². The van der Waals surface area contributed by atoms with Gasteiger partial charge in [0.2, 0.25) is 5.16 Å². The zero-order valence-electron chi connectivity index (χ0n) is 11.2. The molecule has 21 heavy (non-hydrogen) atoms. The molecule has 108 valence electrons. The van der Waals surface area contributed by atoms with Gasteiger partial charge in [-0.05, 0) is 5.56 Å². The molecule has 0 saturated heterocycles. The molecule has 0 bridgehead atoms. The first-order valence-electron chi connectivity index (χ1n) is 6.45. The van der Waals surface area contributed by atoms with E-state index in [1.165, 1.54) is 27.8 Å². The van der Waals surface area contributed by atoms with E-state index in [0.717, 1.165) is 17.7 Å². The van der Waals surface area contributed by atoms with E-state index in [0.29, 0.717) is 11.7 Å². The molecule has 7 nitrogen and oxygen atoms in total. The second kappa shape index (κ2) is 5.96. The molecular weight excluding hydrogens is 288 g/mol. The van der Waals surface area contributed by atoms with E-state index >= 15 is 0 Å². The van der Waals surface area contributed by atoms with Crippen LogP contribution in [0.1, 0.15) is 12.0 Å². The van der Waals surface area contributed by atoms with Crippen LogP contribution in [-0.2, 0) is 4.79 Å². The number of hydrogen-bond acceptors (Lipinski definition) is 6. The SMILES string of the molecule is Nn1cnnc1SCC(=O)N1CCC(c2ccccc2)=N1. The Morgan fingerprint density at radius 2 is 2.14 bits per heavy atom. The summed E-state index contributed by atoms with van der Waals surface area (Å²) < 4.78 is 1.29. The maximum Gasteiger partial charge on any atom is 0.253 e. The van der Waals surface area contributed by atoms with Crippen LogP contribution in [0.5, 0.6) is 0 Å². The maximum atomic E-state index is 12.1. The molecule has 8 heteroatoms. The molecule has 1 aliphatic rings. The molecule has 0 radical (unpaired) electrons. The molecule has 0 unspecified atom stereocenters. The highest BCUT2D eigenvalue weighted by molar-refractivity contribution is 7.99. The number of benzene rings is 1. The molecule has 0 fully saturated rings. The Morgan fingerprint density at radius 1 is 1.33 bits per heavy atom. The fourth-order valence-electron chi connectivity index (χ4n) is 2.01. The predicted octanol–water partition coefficient (Wildman–Crippen LogP) is 0.721. The lowest BCUT2D eigenvalue weighted by Crippen LogP contribution is -2.25. The minimum Gasteiger partial charge on any atom is -0.336 e. The van der Waals surface area contributed by atoms with Crippen LogP contribution in [0.15, 0.2) is 46.9 Å². The lowest BCUT2D eigenvalue weighted by Gasteiger charge is -2.10. The van der Waals surface area contributed by atoms with Gasteiger partial charge in [-0.3, -0.25) is 4.79 Å².